The first kappa shape index (κ1) is 8.36. The number of fused-ring (bicyclic) bond motifs is 1. The van der Waals surface area contributed by atoms with Crippen LogP contribution in [0.5, 0.6) is 0 Å². The van der Waals surface area contributed by atoms with Crippen LogP contribution in [0.4, 0.5) is 0 Å². The van der Waals surface area contributed by atoms with Gasteiger partial charge in [-0.2, -0.15) is 0 Å². The summed E-state index contributed by atoms with van der Waals surface area (Å²) < 4.78 is 2.27. The van der Waals surface area contributed by atoms with Crippen LogP contribution in [-0.4, -0.2) is 4.57 Å². The third kappa shape index (κ3) is 1.07. The van der Waals surface area contributed by atoms with Gasteiger partial charge in [-0.3, -0.25) is 0 Å². The van der Waals surface area contributed by atoms with Crippen molar-refractivity contribution in [2.45, 2.75) is 20.3 Å². The summed E-state index contributed by atoms with van der Waals surface area (Å²) in [6, 6.07) is 8.60. The van der Waals surface area contributed by atoms with Crippen LogP contribution in [0.25, 0.3) is 10.9 Å². The predicted molar refractivity (Wildman–Crippen MR) is 57.0 cm³/mol. The molecule has 1 heteroatoms. The van der Waals surface area contributed by atoms with Crippen molar-refractivity contribution < 1.29 is 0 Å². The molecule has 0 spiro atoms. The Bertz CT molecular complexity index is 438. The molecule has 0 fully saturated rings. The molecule has 1 heterocycles. The number of hydrogen-bond acceptors (Lipinski definition) is 0. The minimum absolute atomic E-state index is 1.12. The Morgan fingerprint density at radius 3 is 2.62 bits per heavy atom. The number of rotatable bonds is 1. The molecule has 0 bridgehead atoms. The van der Waals surface area contributed by atoms with Crippen molar-refractivity contribution in [3.63, 3.8) is 0 Å². The molecule has 68 valence electrons. The average Bonchev–Trinajstić information content (AvgIpc) is 2.41. The van der Waals surface area contributed by atoms with Gasteiger partial charge in [0.1, 0.15) is 0 Å². The highest BCUT2D eigenvalue weighted by Gasteiger charge is 2.08. The summed E-state index contributed by atoms with van der Waals surface area (Å²) in [4.78, 5) is 0. The largest absolute Gasteiger partial charge is 0.348 e. The van der Waals surface area contributed by atoms with Gasteiger partial charge >= 0.3 is 0 Å². The fraction of sp³-hybridized carbons (Fsp3) is 0.333. The van der Waals surface area contributed by atoms with E-state index in [9.17, 15) is 0 Å². The molecule has 0 amide bonds. The van der Waals surface area contributed by atoms with E-state index in [2.05, 4.69) is 49.7 Å². The summed E-state index contributed by atoms with van der Waals surface area (Å²) in [6.07, 6.45) is 1.12. The fourth-order valence-electron chi connectivity index (χ4n) is 2.05. The van der Waals surface area contributed by atoms with E-state index in [1.54, 1.807) is 0 Å². The number of aromatic nitrogens is 1. The van der Waals surface area contributed by atoms with Gasteiger partial charge in [0.2, 0.25) is 0 Å². The minimum atomic E-state index is 1.12. The maximum Gasteiger partial charge on any atom is 0.0482 e. The van der Waals surface area contributed by atoms with Crippen molar-refractivity contribution >= 4 is 10.9 Å². The van der Waals surface area contributed by atoms with E-state index in [-0.39, 0.29) is 0 Å². The zero-order valence-corrected chi connectivity index (χ0v) is 8.46. The summed E-state index contributed by atoms with van der Waals surface area (Å²) in [5, 5.41) is 1.41. The first-order valence-electron chi connectivity index (χ1n) is 4.78. The SMILES string of the molecule is CCc1c(C)n(C)c2ccccc12. The molecular formula is C12H15N. The van der Waals surface area contributed by atoms with Crippen LogP contribution >= 0.6 is 0 Å². The number of hydrogen-bond donors (Lipinski definition) is 0. The van der Waals surface area contributed by atoms with Crippen molar-refractivity contribution in [3.05, 3.63) is 35.5 Å². The third-order valence-electron chi connectivity index (χ3n) is 2.88. The molecule has 0 radical (unpaired) electrons. The lowest BCUT2D eigenvalue weighted by atomic mass is 10.1. The van der Waals surface area contributed by atoms with Gasteiger partial charge in [0, 0.05) is 23.6 Å². The van der Waals surface area contributed by atoms with E-state index in [1.165, 1.54) is 22.2 Å². The molecule has 2 rings (SSSR count). The second-order valence-electron chi connectivity index (χ2n) is 3.49. The maximum atomic E-state index is 2.27. The van der Waals surface area contributed by atoms with Crippen LogP contribution in [0.2, 0.25) is 0 Å². The van der Waals surface area contributed by atoms with Crippen LogP contribution in [0.1, 0.15) is 18.2 Å². The molecule has 0 aliphatic rings. The maximum absolute atomic E-state index is 2.27. The third-order valence-corrected chi connectivity index (χ3v) is 2.88. The van der Waals surface area contributed by atoms with Gasteiger partial charge in [0.05, 0.1) is 0 Å². The van der Waals surface area contributed by atoms with Crippen LogP contribution in [-0.2, 0) is 13.5 Å². The molecule has 13 heavy (non-hydrogen) atoms. The van der Waals surface area contributed by atoms with Crippen LogP contribution < -0.4 is 0 Å². The summed E-state index contributed by atoms with van der Waals surface area (Å²) in [5.74, 6) is 0. The molecule has 0 N–H and O–H groups in total. The first-order valence-corrected chi connectivity index (χ1v) is 4.78. The number of nitrogens with zero attached hydrogens (tertiary/aromatic N) is 1. The van der Waals surface area contributed by atoms with Crippen molar-refractivity contribution in [2.75, 3.05) is 0 Å². The summed E-state index contributed by atoms with van der Waals surface area (Å²) in [7, 11) is 2.14. The Labute approximate surface area is 79.0 Å². The van der Waals surface area contributed by atoms with Crippen molar-refractivity contribution in [1.29, 1.82) is 0 Å². The van der Waals surface area contributed by atoms with Crippen molar-refractivity contribution in [3.8, 4) is 0 Å². The van der Waals surface area contributed by atoms with Crippen LogP contribution in [0, 0.1) is 6.92 Å². The molecular weight excluding hydrogens is 158 g/mol. The van der Waals surface area contributed by atoms with Crippen LogP contribution in [0.3, 0.4) is 0 Å². The zero-order chi connectivity index (χ0) is 9.42. The highest BCUT2D eigenvalue weighted by Crippen LogP contribution is 2.24. The van der Waals surface area contributed by atoms with Crippen LogP contribution in [0.15, 0.2) is 24.3 Å². The second kappa shape index (κ2) is 2.91. The zero-order valence-electron chi connectivity index (χ0n) is 8.46. The Balaban J connectivity index is 2.90. The highest BCUT2D eigenvalue weighted by molar-refractivity contribution is 5.85. The summed E-state index contributed by atoms with van der Waals surface area (Å²) in [6.45, 7) is 4.41. The van der Waals surface area contributed by atoms with Crippen molar-refractivity contribution in [2.24, 2.45) is 7.05 Å². The smallest absolute Gasteiger partial charge is 0.0482 e. The Hall–Kier alpha value is -1.24. The van der Waals surface area contributed by atoms with E-state index < -0.39 is 0 Å². The Kier molecular flexibility index (Phi) is 1.87. The minimum Gasteiger partial charge on any atom is -0.348 e. The van der Waals surface area contributed by atoms with Gasteiger partial charge in [-0.25, -0.2) is 0 Å². The molecule has 0 aliphatic heterocycles. The molecule has 0 saturated carbocycles. The van der Waals surface area contributed by atoms with Gasteiger partial charge < -0.3 is 4.57 Å². The molecule has 0 atom stereocenters. The molecule has 1 aromatic carbocycles. The monoisotopic (exact) mass is 173 g/mol. The fourth-order valence-corrected chi connectivity index (χ4v) is 2.05. The van der Waals surface area contributed by atoms with Gasteiger partial charge in [0.15, 0.2) is 0 Å². The Morgan fingerprint density at radius 1 is 1.23 bits per heavy atom. The summed E-state index contributed by atoms with van der Waals surface area (Å²) >= 11 is 0. The number of benzene rings is 1. The van der Waals surface area contributed by atoms with E-state index in [4.69, 9.17) is 0 Å². The quantitative estimate of drug-likeness (QED) is 0.624. The second-order valence-corrected chi connectivity index (χ2v) is 3.49. The van der Waals surface area contributed by atoms with E-state index >= 15 is 0 Å². The van der Waals surface area contributed by atoms with Gasteiger partial charge in [0.25, 0.3) is 0 Å². The van der Waals surface area contributed by atoms with E-state index in [0.717, 1.165) is 6.42 Å². The standard InChI is InChI=1S/C12H15N/c1-4-10-9(2)13(3)12-8-6-5-7-11(10)12/h5-8H,4H2,1-3H3. The molecule has 0 aliphatic carbocycles. The number of aryl methyl sites for hydroxylation is 2. The normalized spacial score (nSPS) is 11.0. The van der Waals surface area contributed by atoms with Gasteiger partial charge in [-0.15, -0.1) is 0 Å². The lowest BCUT2D eigenvalue weighted by Gasteiger charge is -1.97. The molecule has 2 aromatic rings. The van der Waals surface area contributed by atoms with Crippen molar-refractivity contribution in [1.82, 2.24) is 4.57 Å². The lowest BCUT2D eigenvalue weighted by molar-refractivity contribution is 0.899. The molecule has 0 unspecified atom stereocenters. The molecule has 1 aromatic heterocycles. The Morgan fingerprint density at radius 2 is 1.92 bits per heavy atom. The lowest BCUT2D eigenvalue weighted by Crippen LogP contribution is -1.91. The number of para-hydroxylation sites is 1. The topological polar surface area (TPSA) is 4.93 Å². The predicted octanol–water partition coefficient (Wildman–Crippen LogP) is 3.05. The molecule has 1 nitrogen and oxygen atoms in total. The molecule has 0 saturated heterocycles. The van der Waals surface area contributed by atoms with E-state index in [1.807, 2.05) is 0 Å². The van der Waals surface area contributed by atoms with E-state index in [0.29, 0.717) is 0 Å². The first-order chi connectivity index (χ1) is 6.25. The van der Waals surface area contributed by atoms with Gasteiger partial charge in [-0.05, 0) is 25.0 Å². The van der Waals surface area contributed by atoms with Gasteiger partial charge in [-0.1, -0.05) is 25.1 Å². The average molecular weight is 173 g/mol. The highest BCUT2D eigenvalue weighted by atomic mass is 14.9. The summed E-state index contributed by atoms with van der Waals surface area (Å²) in [5.41, 5.74) is 4.22.